The zero-order valence-electron chi connectivity index (χ0n) is 10.2. The van der Waals surface area contributed by atoms with Crippen molar-refractivity contribution in [3.05, 3.63) is 29.8 Å². The van der Waals surface area contributed by atoms with E-state index in [1.165, 1.54) is 39.2 Å². The van der Waals surface area contributed by atoms with Gasteiger partial charge in [0.1, 0.15) is 0 Å². The van der Waals surface area contributed by atoms with Crippen LogP contribution in [0.2, 0.25) is 0 Å². The molecule has 1 N–H and O–H groups in total. The predicted molar refractivity (Wildman–Crippen MR) is 68.3 cm³/mol. The third kappa shape index (κ3) is 3.22. The molecular weight excluding hydrogens is 214 g/mol. The van der Waals surface area contributed by atoms with Crippen LogP contribution in [-0.4, -0.2) is 19.1 Å². The maximum absolute atomic E-state index is 11.3. The van der Waals surface area contributed by atoms with Crippen molar-refractivity contribution in [2.75, 3.05) is 12.4 Å². The van der Waals surface area contributed by atoms with Gasteiger partial charge in [0.2, 0.25) is 0 Å². The van der Waals surface area contributed by atoms with E-state index in [-0.39, 0.29) is 5.97 Å². The quantitative estimate of drug-likeness (QED) is 0.815. The lowest BCUT2D eigenvalue weighted by Crippen LogP contribution is -2.22. The van der Waals surface area contributed by atoms with Crippen LogP contribution in [-0.2, 0) is 4.74 Å². The van der Waals surface area contributed by atoms with Gasteiger partial charge in [-0.15, -0.1) is 0 Å². The standard InChI is InChI=1S/C14H19NO2/c1-17-14(16)11-7-9-13(10-8-11)15-12-5-3-2-4-6-12/h7-10,12,15H,2-6H2,1H3. The molecule has 1 aromatic carbocycles. The highest BCUT2D eigenvalue weighted by atomic mass is 16.5. The largest absolute Gasteiger partial charge is 0.465 e. The number of esters is 1. The van der Waals surface area contributed by atoms with Crippen molar-refractivity contribution >= 4 is 11.7 Å². The number of rotatable bonds is 3. The van der Waals surface area contributed by atoms with Crippen LogP contribution in [0.15, 0.2) is 24.3 Å². The smallest absolute Gasteiger partial charge is 0.337 e. The second-order valence-electron chi connectivity index (χ2n) is 4.55. The first-order valence-corrected chi connectivity index (χ1v) is 6.24. The minimum atomic E-state index is -0.283. The summed E-state index contributed by atoms with van der Waals surface area (Å²) in [5.74, 6) is -0.283. The summed E-state index contributed by atoms with van der Waals surface area (Å²) >= 11 is 0. The van der Waals surface area contributed by atoms with Crippen LogP contribution in [0.4, 0.5) is 5.69 Å². The lowest BCUT2D eigenvalue weighted by Gasteiger charge is -2.23. The summed E-state index contributed by atoms with van der Waals surface area (Å²) in [6.07, 6.45) is 6.49. The molecule has 0 aromatic heterocycles. The van der Waals surface area contributed by atoms with E-state index in [1.54, 1.807) is 12.1 Å². The molecule has 3 heteroatoms. The maximum Gasteiger partial charge on any atom is 0.337 e. The van der Waals surface area contributed by atoms with Gasteiger partial charge in [0.25, 0.3) is 0 Å². The number of ether oxygens (including phenoxy) is 1. The Balaban J connectivity index is 1.95. The molecule has 2 rings (SSSR count). The summed E-state index contributed by atoms with van der Waals surface area (Å²) in [7, 11) is 1.40. The van der Waals surface area contributed by atoms with E-state index in [0.29, 0.717) is 11.6 Å². The minimum Gasteiger partial charge on any atom is -0.465 e. The molecule has 3 nitrogen and oxygen atoms in total. The molecular formula is C14H19NO2. The summed E-state index contributed by atoms with van der Waals surface area (Å²) in [6.45, 7) is 0. The van der Waals surface area contributed by atoms with E-state index < -0.39 is 0 Å². The van der Waals surface area contributed by atoms with Crippen LogP contribution in [0.25, 0.3) is 0 Å². The Kier molecular flexibility index (Phi) is 4.02. The number of carbonyl (C=O) groups is 1. The van der Waals surface area contributed by atoms with Crippen molar-refractivity contribution in [1.82, 2.24) is 0 Å². The Morgan fingerprint density at radius 2 is 1.82 bits per heavy atom. The Hall–Kier alpha value is -1.51. The van der Waals surface area contributed by atoms with Crippen LogP contribution in [0.5, 0.6) is 0 Å². The molecule has 1 aliphatic carbocycles. The molecule has 0 bridgehead atoms. The fourth-order valence-electron chi connectivity index (χ4n) is 2.30. The fourth-order valence-corrected chi connectivity index (χ4v) is 2.30. The molecule has 1 aromatic rings. The number of hydrogen-bond donors (Lipinski definition) is 1. The number of hydrogen-bond acceptors (Lipinski definition) is 3. The van der Waals surface area contributed by atoms with Crippen molar-refractivity contribution in [3.63, 3.8) is 0 Å². The number of anilines is 1. The van der Waals surface area contributed by atoms with Gasteiger partial charge in [-0.3, -0.25) is 0 Å². The molecule has 0 heterocycles. The zero-order chi connectivity index (χ0) is 12.1. The first-order chi connectivity index (χ1) is 8.29. The van der Waals surface area contributed by atoms with E-state index in [9.17, 15) is 4.79 Å². The second-order valence-corrected chi connectivity index (χ2v) is 4.55. The first-order valence-electron chi connectivity index (χ1n) is 6.24. The van der Waals surface area contributed by atoms with Crippen LogP contribution in [0, 0.1) is 0 Å². The van der Waals surface area contributed by atoms with Gasteiger partial charge in [0, 0.05) is 11.7 Å². The topological polar surface area (TPSA) is 38.3 Å². The van der Waals surface area contributed by atoms with Crippen molar-refractivity contribution in [2.45, 2.75) is 38.1 Å². The normalized spacial score (nSPS) is 16.5. The molecule has 0 amide bonds. The van der Waals surface area contributed by atoms with Gasteiger partial charge < -0.3 is 10.1 Å². The van der Waals surface area contributed by atoms with Crippen molar-refractivity contribution in [2.24, 2.45) is 0 Å². The monoisotopic (exact) mass is 233 g/mol. The highest BCUT2D eigenvalue weighted by Gasteiger charge is 2.13. The third-order valence-corrected chi connectivity index (χ3v) is 3.28. The predicted octanol–water partition coefficient (Wildman–Crippen LogP) is 3.22. The molecule has 0 spiro atoms. The summed E-state index contributed by atoms with van der Waals surface area (Å²) in [6, 6.07) is 8.09. The number of methoxy groups -OCH3 is 1. The summed E-state index contributed by atoms with van der Waals surface area (Å²) in [5.41, 5.74) is 1.69. The van der Waals surface area contributed by atoms with E-state index >= 15 is 0 Å². The van der Waals surface area contributed by atoms with Crippen molar-refractivity contribution < 1.29 is 9.53 Å². The number of carbonyl (C=O) groups excluding carboxylic acids is 1. The molecule has 0 aliphatic heterocycles. The summed E-state index contributed by atoms with van der Waals surface area (Å²) in [4.78, 5) is 11.3. The molecule has 92 valence electrons. The zero-order valence-corrected chi connectivity index (χ0v) is 10.2. The molecule has 0 unspecified atom stereocenters. The van der Waals surface area contributed by atoms with Gasteiger partial charge in [-0.1, -0.05) is 19.3 Å². The highest BCUT2D eigenvalue weighted by Crippen LogP contribution is 2.21. The average molecular weight is 233 g/mol. The van der Waals surface area contributed by atoms with Crippen LogP contribution < -0.4 is 5.32 Å². The Bertz CT molecular complexity index is 366. The van der Waals surface area contributed by atoms with Crippen molar-refractivity contribution in [3.8, 4) is 0 Å². The van der Waals surface area contributed by atoms with Gasteiger partial charge in [-0.05, 0) is 37.1 Å². The Labute approximate surface area is 102 Å². The SMILES string of the molecule is COC(=O)c1ccc(NC2CCCCC2)cc1. The van der Waals surface area contributed by atoms with Gasteiger partial charge in [-0.25, -0.2) is 4.79 Å². The summed E-state index contributed by atoms with van der Waals surface area (Å²) in [5, 5.41) is 3.51. The molecule has 1 fully saturated rings. The Morgan fingerprint density at radius 1 is 1.18 bits per heavy atom. The molecule has 0 radical (unpaired) electrons. The average Bonchev–Trinajstić information content (AvgIpc) is 2.40. The van der Waals surface area contributed by atoms with Crippen LogP contribution in [0.3, 0.4) is 0 Å². The maximum atomic E-state index is 11.3. The fraction of sp³-hybridized carbons (Fsp3) is 0.500. The molecule has 17 heavy (non-hydrogen) atoms. The van der Waals surface area contributed by atoms with Gasteiger partial charge in [0.15, 0.2) is 0 Å². The Morgan fingerprint density at radius 3 is 2.41 bits per heavy atom. The molecule has 0 atom stereocenters. The van der Waals surface area contributed by atoms with E-state index in [1.807, 2.05) is 12.1 Å². The molecule has 0 saturated heterocycles. The van der Waals surface area contributed by atoms with Gasteiger partial charge in [0.05, 0.1) is 12.7 Å². The van der Waals surface area contributed by atoms with E-state index in [4.69, 9.17) is 0 Å². The number of benzene rings is 1. The minimum absolute atomic E-state index is 0.283. The van der Waals surface area contributed by atoms with E-state index in [2.05, 4.69) is 10.1 Å². The second kappa shape index (κ2) is 5.71. The van der Waals surface area contributed by atoms with Crippen LogP contribution >= 0.6 is 0 Å². The van der Waals surface area contributed by atoms with Gasteiger partial charge in [-0.2, -0.15) is 0 Å². The van der Waals surface area contributed by atoms with Gasteiger partial charge >= 0.3 is 5.97 Å². The van der Waals surface area contributed by atoms with Crippen LogP contribution in [0.1, 0.15) is 42.5 Å². The lowest BCUT2D eigenvalue weighted by molar-refractivity contribution is 0.0601. The van der Waals surface area contributed by atoms with Crippen molar-refractivity contribution in [1.29, 1.82) is 0 Å². The first kappa shape index (κ1) is 12.0. The third-order valence-electron chi connectivity index (χ3n) is 3.28. The molecule has 1 saturated carbocycles. The molecule has 1 aliphatic rings. The van der Waals surface area contributed by atoms with E-state index in [0.717, 1.165) is 5.69 Å². The highest BCUT2D eigenvalue weighted by molar-refractivity contribution is 5.89. The summed E-state index contributed by atoms with van der Waals surface area (Å²) < 4.78 is 4.67. The lowest BCUT2D eigenvalue weighted by atomic mass is 9.95. The number of nitrogens with one attached hydrogen (secondary N) is 1.